The molecule has 0 radical (unpaired) electrons. The molecule has 1 unspecified atom stereocenters. The Balaban J connectivity index is 1.81. The zero-order valence-corrected chi connectivity index (χ0v) is 11.8. The third-order valence-corrected chi connectivity index (χ3v) is 4.95. The van der Waals surface area contributed by atoms with Gasteiger partial charge in [0, 0.05) is 19.1 Å². The predicted octanol–water partition coefficient (Wildman–Crippen LogP) is 2.89. The maximum atomic E-state index is 3.54. The molecule has 2 aliphatic rings. The molecule has 0 spiro atoms. The highest BCUT2D eigenvalue weighted by Crippen LogP contribution is 2.27. The van der Waals surface area contributed by atoms with Crippen LogP contribution in [-0.4, -0.2) is 37.6 Å². The van der Waals surface area contributed by atoms with Crippen molar-refractivity contribution >= 4 is 0 Å². The first kappa shape index (κ1) is 13.4. The number of likely N-dealkylation sites (tertiary alicyclic amines) is 1. The van der Waals surface area contributed by atoms with Gasteiger partial charge in [-0.2, -0.15) is 0 Å². The minimum Gasteiger partial charge on any atom is -0.317 e. The normalized spacial score (nSPS) is 36.0. The third kappa shape index (κ3) is 3.69. The van der Waals surface area contributed by atoms with Gasteiger partial charge in [0.25, 0.3) is 0 Å². The fourth-order valence-electron chi connectivity index (χ4n) is 3.79. The molecule has 0 aromatic heterocycles. The minimum absolute atomic E-state index is 0.783. The van der Waals surface area contributed by atoms with Gasteiger partial charge < -0.3 is 10.2 Å². The topological polar surface area (TPSA) is 15.3 Å². The van der Waals surface area contributed by atoms with Crippen molar-refractivity contribution in [3.05, 3.63) is 0 Å². The van der Waals surface area contributed by atoms with Gasteiger partial charge in [-0.25, -0.2) is 0 Å². The SMILES string of the molecule is CCC1CCCN(C[C@@H]2CCCC[C@H]2NC)C1. The minimum atomic E-state index is 0.783. The van der Waals surface area contributed by atoms with Crippen LogP contribution in [-0.2, 0) is 0 Å². The fraction of sp³-hybridized carbons (Fsp3) is 1.00. The van der Waals surface area contributed by atoms with Gasteiger partial charge >= 0.3 is 0 Å². The Morgan fingerprint density at radius 2 is 1.94 bits per heavy atom. The van der Waals surface area contributed by atoms with Gasteiger partial charge in [-0.3, -0.25) is 0 Å². The van der Waals surface area contributed by atoms with Crippen LogP contribution in [0.2, 0.25) is 0 Å². The van der Waals surface area contributed by atoms with E-state index >= 15 is 0 Å². The molecule has 1 aliphatic carbocycles. The van der Waals surface area contributed by atoms with E-state index in [-0.39, 0.29) is 0 Å². The van der Waals surface area contributed by atoms with Crippen LogP contribution in [0, 0.1) is 11.8 Å². The molecule has 0 aromatic rings. The van der Waals surface area contributed by atoms with E-state index in [9.17, 15) is 0 Å². The standard InChI is InChI=1S/C15H30N2/c1-3-13-7-6-10-17(11-13)12-14-8-4-5-9-15(14)16-2/h13-16H,3-12H2,1-2H3/t13?,14-,15+/m0/s1. The summed E-state index contributed by atoms with van der Waals surface area (Å²) in [7, 11) is 2.15. The lowest BCUT2D eigenvalue weighted by Gasteiger charge is -2.39. The molecule has 2 rings (SSSR count). The number of hydrogen-bond donors (Lipinski definition) is 1. The van der Waals surface area contributed by atoms with Gasteiger partial charge in [0.2, 0.25) is 0 Å². The Bertz CT molecular complexity index is 217. The molecule has 0 amide bonds. The monoisotopic (exact) mass is 238 g/mol. The van der Waals surface area contributed by atoms with Gasteiger partial charge in [0.1, 0.15) is 0 Å². The van der Waals surface area contributed by atoms with Crippen LogP contribution in [0.1, 0.15) is 51.9 Å². The van der Waals surface area contributed by atoms with Crippen molar-refractivity contribution in [3.8, 4) is 0 Å². The van der Waals surface area contributed by atoms with E-state index in [0.29, 0.717) is 0 Å². The smallest absolute Gasteiger partial charge is 0.0104 e. The second-order valence-corrected chi connectivity index (χ2v) is 6.12. The quantitative estimate of drug-likeness (QED) is 0.810. The molecule has 3 atom stereocenters. The Labute approximate surface area is 107 Å². The maximum absolute atomic E-state index is 3.54. The van der Waals surface area contributed by atoms with Crippen molar-refractivity contribution in [1.82, 2.24) is 10.2 Å². The molecule has 2 fully saturated rings. The number of hydrogen-bond acceptors (Lipinski definition) is 2. The lowest BCUT2D eigenvalue weighted by atomic mass is 9.83. The lowest BCUT2D eigenvalue weighted by Crippen LogP contribution is -2.45. The molecular weight excluding hydrogens is 208 g/mol. The maximum Gasteiger partial charge on any atom is 0.0104 e. The van der Waals surface area contributed by atoms with E-state index in [4.69, 9.17) is 0 Å². The second kappa shape index (κ2) is 6.75. The average Bonchev–Trinajstić information content (AvgIpc) is 2.39. The predicted molar refractivity (Wildman–Crippen MR) is 74.3 cm³/mol. The fourth-order valence-corrected chi connectivity index (χ4v) is 3.79. The Kier molecular flexibility index (Phi) is 5.30. The second-order valence-electron chi connectivity index (χ2n) is 6.12. The first-order valence-electron chi connectivity index (χ1n) is 7.73. The summed E-state index contributed by atoms with van der Waals surface area (Å²) >= 11 is 0. The number of nitrogens with one attached hydrogen (secondary N) is 1. The van der Waals surface area contributed by atoms with Gasteiger partial charge in [0.15, 0.2) is 0 Å². The highest BCUT2D eigenvalue weighted by atomic mass is 15.1. The highest BCUT2D eigenvalue weighted by Gasteiger charge is 2.27. The van der Waals surface area contributed by atoms with Gasteiger partial charge in [-0.15, -0.1) is 0 Å². The average molecular weight is 238 g/mol. The molecule has 17 heavy (non-hydrogen) atoms. The molecule has 1 N–H and O–H groups in total. The zero-order valence-electron chi connectivity index (χ0n) is 11.8. The van der Waals surface area contributed by atoms with Crippen LogP contribution in [0.3, 0.4) is 0 Å². The van der Waals surface area contributed by atoms with Crippen LogP contribution < -0.4 is 5.32 Å². The first-order chi connectivity index (χ1) is 8.33. The van der Waals surface area contributed by atoms with Crippen molar-refractivity contribution in [2.45, 2.75) is 57.9 Å². The molecule has 1 saturated carbocycles. The van der Waals surface area contributed by atoms with Crippen LogP contribution in [0.5, 0.6) is 0 Å². The van der Waals surface area contributed by atoms with Gasteiger partial charge in [0.05, 0.1) is 0 Å². The summed E-state index contributed by atoms with van der Waals surface area (Å²) in [6, 6.07) is 0.783. The van der Waals surface area contributed by atoms with Crippen LogP contribution in [0.4, 0.5) is 0 Å². The van der Waals surface area contributed by atoms with Crippen LogP contribution in [0.15, 0.2) is 0 Å². The molecule has 100 valence electrons. The zero-order chi connectivity index (χ0) is 12.1. The Morgan fingerprint density at radius 3 is 2.71 bits per heavy atom. The number of nitrogens with zero attached hydrogens (tertiary/aromatic N) is 1. The molecule has 1 heterocycles. The molecule has 2 heteroatoms. The Morgan fingerprint density at radius 1 is 1.12 bits per heavy atom. The third-order valence-electron chi connectivity index (χ3n) is 4.95. The largest absolute Gasteiger partial charge is 0.317 e. The van der Waals surface area contributed by atoms with E-state index in [0.717, 1.165) is 17.9 Å². The lowest BCUT2D eigenvalue weighted by molar-refractivity contribution is 0.121. The van der Waals surface area contributed by atoms with Crippen molar-refractivity contribution in [3.63, 3.8) is 0 Å². The highest BCUT2D eigenvalue weighted by molar-refractivity contribution is 4.84. The first-order valence-corrected chi connectivity index (χ1v) is 7.73. The van der Waals surface area contributed by atoms with Crippen molar-refractivity contribution < 1.29 is 0 Å². The van der Waals surface area contributed by atoms with Crippen molar-refractivity contribution in [2.24, 2.45) is 11.8 Å². The Hall–Kier alpha value is -0.0800. The van der Waals surface area contributed by atoms with Gasteiger partial charge in [-0.05, 0) is 51.1 Å². The van der Waals surface area contributed by atoms with Crippen molar-refractivity contribution in [2.75, 3.05) is 26.7 Å². The molecule has 1 saturated heterocycles. The van der Waals surface area contributed by atoms with Gasteiger partial charge in [-0.1, -0.05) is 26.2 Å². The number of rotatable bonds is 4. The van der Waals surface area contributed by atoms with Crippen molar-refractivity contribution in [1.29, 1.82) is 0 Å². The van der Waals surface area contributed by atoms with E-state index in [1.54, 1.807) is 0 Å². The molecule has 2 nitrogen and oxygen atoms in total. The molecule has 0 aromatic carbocycles. The van der Waals surface area contributed by atoms with E-state index in [1.807, 2.05) is 0 Å². The molecular formula is C15H30N2. The van der Waals surface area contributed by atoms with E-state index in [1.165, 1.54) is 64.6 Å². The summed E-state index contributed by atoms with van der Waals surface area (Å²) in [5.74, 6) is 1.88. The van der Waals surface area contributed by atoms with E-state index in [2.05, 4.69) is 24.2 Å². The summed E-state index contributed by atoms with van der Waals surface area (Å²) in [6.45, 7) is 6.42. The summed E-state index contributed by atoms with van der Waals surface area (Å²) in [4.78, 5) is 2.75. The summed E-state index contributed by atoms with van der Waals surface area (Å²) in [5.41, 5.74) is 0. The number of piperidine rings is 1. The molecule has 0 bridgehead atoms. The molecule has 1 aliphatic heterocycles. The van der Waals surface area contributed by atoms with Crippen LogP contribution in [0.25, 0.3) is 0 Å². The summed E-state index contributed by atoms with van der Waals surface area (Å²) in [5, 5.41) is 3.54. The summed E-state index contributed by atoms with van der Waals surface area (Å²) < 4.78 is 0. The summed E-state index contributed by atoms with van der Waals surface area (Å²) in [6.07, 6.45) is 9.98. The van der Waals surface area contributed by atoms with Crippen LogP contribution >= 0.6 is 0 Å². The van der Waals surface area contributed by atoms with E-state index < -0.39 is 0 Å².